The fraction of sp³-hybridized carbons (Fsp3) is 0.167. The van der Waals surface area contributed by atoms with Crippen LogP contribution in [0.2, 0.25) is 10.0 Å². The summed E-state index contributed by atoms with van der Waals surface area (Å²) in [4.78, 5) is 23.8. The van der Waals surface area contributed by atoms with Gasteiger partial charge in [0.15, 0.2) is 0 Å². The van der Waals surface area contributed by atoms with Gasteiger partial charge in [-0.15, -0.1) is 0 Å². The van der Waals surface area contributed by atoms with Crippen LogP contribution in [0.15, 0.2) is 34.0 Å². The van der Waals surface area contributed by atoms with Crippen molar-refractivity contribution >= 4 is 28.9 Å². The molecule has 0 fully saturated rings. The molecule has 0 bridgehead atoms. The molecule has 0 atom stereocenters. The topological polar surface area (TPSA) is 70.0 Å². The molecule has 0 radical (unpaired) electrons. The van der Waals surface area contributed by atoms with Crippen LogP contribution in [0.4, 0.5) is 5.69 Å². The van der Waals surface area contributed by atoms with Gasteiger partial charge in [-0.3, -0.25) is 9.36 Å². The smallest absolute Gasteiger partial charge is 0.331 e. The molecule has 2 rings (SSSR count). The Morgan fingerprint density at radius 2 is 1.95 bits per heavy atom. The van der Waals surface area contributed by atoms with Gasteiger partial charge in [0.2, 0.25) is 0 Å². The first-order valence-corrected chi connectivity index (χ1v) is 6.16. The number of anilines is 1. The molecule has 0 unspecified atom stereocenters. The molecule has 100 valence electrons. The number of benzene rings is 1. The quantitative estimate of drug-likeness (QED) is 0.913. The highest BCUT2D eigenvalue weighted by Gasteiger charge is 2.11. The van der Waals surface area contributed by atoms with Gasteiger partial charge in [-0.1, -0.05) is 35.3 Å². The van der Waals surface area contributed by atoms with Gasteiger partial charge in [-0.05, 0) is 11.6 Å². The number of rotatable bonds is 2. The van der Waals surface area contributed by atoms with E-state index < -0.39 is 11.2 Å². The van der Waals surface area contributed by atoms with Gasteiger partial charge in [0.1, 0.15) is 5.69 Å². The Bertz CT molecular complexity index is 715. The lowest BCUT2D eigenvalue weighted by Gasteiger charge is -2.10. The molecule has 1 aromatic carbocycles. The highest BCUT2D eigenvalue weighted by molar-refractivity contribution is 6.42. The van der Waals surface area contributed by atoms with Crippen molar-refractivity contribution in [1.82, 2.24) is 9.13 Å². The summed E-state index contributed by atoms with van der Waals surface area (Å²) in [5.41, 5.74) is 5.14. The molecule has 0 aliphatic heterocycles. The number of aromatic nitrogens is 2. The van der Waals surface area contributed by atoms with Crippen LogP contribution >= 0.6 is 23.2 Å². The molecule has 0 saturated carbocycles. The van der Waals surface area contributed by atoms with E-state index in [4.69, 9.17) is 28.9 Å². The summed E-state index contributed by atoms with van der Waals surface area (Å²) in [5.74, 6) is 0. The van der Waals surface area contributed by atoms with E-state index in [0.29, 0.717) is 15.6 Å². The minimum atomic E-state index is -0.542. The number of aryl methyl sites for hydroxylation is 1. The van der Waals surface area contributed by atoms with E-state index in [1.807, 2.05) is 0 Å². The largest absolute Gasteiger partial charge is 0.393 e. The van der Waals surface area contributed by atoms with Crippen molar-refractivity contribution in [2.45, 2.75) is 6.54 Å². The minimum Gasteiger partial charge on any atom is -0.393 e. The van der Waals surface area contributed by atoms with Gasteiger partial charge in [0, 0.05) is 13.2 Å². The third kappa shape index (κ3) is 2.52. The molecule has 19 heavy (non-hydrogen) atoms. The maximum atomic E-state index is 11.9. The number of nitrogens with zero attached hydrogens (tertiary/aromatic N) is 2. The zero-order valence-electron chi connectivity index (χ0n) is 10.1. The first-order chi connectivity index (χ1) is 8.91. The highest BCUT2D eigenvalue weighted by Crippen LogP contribution is 2.25. The van der Waals surface area contributed by atoms with E-state index in [1.54, 1.807) is 18.2 Å². The van der Waals surface area contributed by atoms with Crippen LogP contribution in [0.3, 0.4) is 0 Å². The fourth-order valence-corrected chi connectivity index (χ4v) is 2.11. The molecule has 2 aromatic rings. The van der Waals surface area contributed by atoms with Crippen molar-refractivity contribution in [2.75, 3.05) is 5.73 Å². The Morgan fingerprint density at radius 1 is 1.26 bits per heavy atom. The molecule has 0 spiro atoms. The SMILES string of the molecule is Cn1cc(N)c(=O)n(Cc2cccc(Cl)c2Cl)c1=O. The standard InChI is InChI=1S/C12H11Cl2N3O2/c1-16-6-9(15)11(18)17(12(16)19)5-7-3-2-4-8(13)10(7)14/h2-4,6H,5,15H2,1H3. The molecular weight excluding hydrogens is 289 g/mol. The summed E-state index contributed by atoms with van der Waals surface area (Å²) in [5, 5.41) is 0.688. The summed E-state index contributed by atoms with van der Waals surface area (Å²) in [7, 11) is 1.52. The third-order valence-electron chi connectivity index (χ3n) is 2.72. The van der Waals surface area contributed by atoms with Gasteiger partial charge < -0.3 is 10.3 Å². The normalized spacial score (nSPS) is 10.7. The first kappa shape index (κ1) is 13.7. The van der Waals surface area contributed by atoms with Gasteiger partial charge in [-0.25, -0.2) is 4.79 Å². The lowest BCUT2D eigenvalue weighted by Crippen LogP contribution is -2.40. The summed E-state index contributed by atoms with van der Waals surface area (Å²) in [6.45, 7) is 0.0237. The zero-order chi connectivity index (χ0) is 14.2. The fourth-order valence-electron chi connectivity index (χ4n) is 1.73. The van der Waals surface area contributed by atoms with Gasteiger partial charge in [0.05, 0.1) is 16.6 Å². The van der Waals surface area contributed by atoms with Crippen LogP contribution in [-0.4, -0.2) is 9.13 Å². The van der Waals surface area contributed by atoms with E-state index in [9.17, 15) is 9.59 Å². The molecule has 2 N–H and O–H groups in total. The first-order valence-electron chi connectivity index (χ1n) is 5.40. The number of nitrogen functional groups attached to an aromatic ring is 1. The highest BCUT2D eigenvalue weighted by atomic mass is 35.5. The minimum absolute atomic E-state index is 0.000232. The Hall–Kier alpha value is -1.72. The van der Waals surface area contributed by atoms with Crippen LogP contribution in [0.25, 0.3) is 0 Å². The maximum Gasteiger partial charge on any atom is 0.331 e. The molecule has 0 aliphatic rings. The van der Waals surface area contributed by atoms with E-state index in [0.717, 1.165) is 4.57 Å². The lowest BCUT2D eigenvalue weighted by atomic mass is 10.2. The zero-order valence-corrected chi connectivity index (χ0v) is 11.6. The number of hydrogen-bond donors (Lipinski definition) is 1. The average molecular weight is 300 g/mol. The Kier molecular flexibility index (Phi) is 3.68. The van der Waals surface area contributed by atoms with E-state index >= 15 is 0 Å². The van der Waals surface area contributed by atoms with Crippen LogP contribution in [0.5, 0.6) is 0 Å². The summed E-state index contributed by atoms with van der Waals surface area (Å²) >= 11 is 11.9. The second-order valence-corrected chi connectivity index (χ2v) is 4.87. The molecule has 5 nitrogen and oxygen atoms in total. The van der Waals surface area contributed by atoms with E-state index in [-0.39, 0.29) is 12.2 Å². The van der Waals surface area contributed by atoms with Crippen LogP contribution in [0, 0.1) is 0 Å². The van der Waals surface area contributed by atoms with Crippen molar-refractivity contribution in [3.63, 3.8) is 0 Å². The predicted molar refractivity (Wildman–Crippen MR) is 75.9 cm³/mol. The molecule has 7 heteroatoms. The number of halogens is 2. The number of nitrogens with two attached hydrogens (primary N) is 1. The molecule has 1 heterocycles. The van der Waals surface area contributed by atoms with Crippen LogP contribution in [-0.2, 0) is 13.6 Å². The van der Waals surface area contributed by atoms with Crippen molar-refractivity contribution < 1.29 is 0 Å². The molecule has 0 saturated heterocycles. The van der Waals surface area contributed by atoms with Crippen molar-refractivity contribution in [1.29, 1.82) is 0 Å². The number of hydrogen-bond acceptors (Lipinski definition) is 3. The summed E-state index contributed by atoms with van der Waals surface area (Å²) in [6, 6.07) is 5.03. The second-order valence-electron chi connectivity index (χ2n) is 4.08. The maximum absolute atomic E-state index is 11.9. The predicted octanol–water partition coefficient (Wildman–Crippen LogP) is 1.48. The van der Waals surface area contributed by atoms with Crippen molar-refractivity contribution in [3.05, 3.63) is 60.8 Å². The van der Waals surface area contributed by atoms with E-state index in [2.05, 4.69) is 0 Å². The average Bonchev–Trinajstić information content (AvgIpc) is 2.37. The third-order valence-corrected chi connectivity index (χ3v) is 3.58. The Labute approximate surface area is 118 Å². The summed E-state index contributed by atoms with van der Waals surface area (Å²) in [6.07, 6.45) is 1.29. The Morgan fingerprint density at radius 3 is 2.63 bits per heavy atom. The van der Waals surface area contributed by atoms with Gasteiger partial charge in [0.25, 0.3) is 5.56 Å². The monoisotopic (exact) mass is 299 g/mol. The molecule has 0 aliphatic carbocycles. The van der Waals surface area contributed by atoms with Crippen LogP contribution < -0.4 is 17.0 Å². The van der Waals surface area contributed by atoms with Crippen molar-refractivity contribution in [3.8, 4) is 0 Å². The van der Waals surface area contributed by atoms with E-state index in [1.165, 1.54) is 17.8 Å². The van der Waals surface area contributed by atoms with Crippen LogP contribution in [0.1, 0.15) is 5.56 Å². The molecule has 1 aromatic heterocycles. The molecule has 0 amide bonds. The Balaban J connectivity index is 2.59. The lowest BCUT2D eigenvalue weighted by molar-refractivity contribution is 0.643. The van der Waals surface area contributed by atoms with Gasteiger partial charge in [-0.2, -0.15) is 0 Å². The second kappa shape index (κ2) is 5.11. The van der Waals surface area contributed by atoms with Gasteiger partial charge >= 0.3 is 5.69 Å². The summed E-state index contributed by atoms with van der Waals surface area (Å²) < 4.78 is 2.27. The van der Waals surface area contributed by atoms with Crippen molar-refractivity contribution in [2.24, 2.45) is 7.05 Å². The molecular formula is C12H11Cl2N3O2.